The average Bonchev–Trinajstić information content (AvgIpc) is 2.71. The fourth-order valence-electron chi connectivity index (χ4n) is 2.82. The molecule has 0 saturated heterocycles. The SMILES string of the molecule is COc1ccc(OCCNC(=O)CCCc2ccc3c(c2)OCCO3)cc1. The van der Waals surface area contributed by atoms with E-state index >= 15 is 0 Å². The molecule has 1 aliphatic heterocycles. The van der Waals surface area contributed by atoms with Gasteiger partial charge in [0.05, 0.1) is 13.7 Å². The van der Waals surface area contributed by atoms with Gasteiger partial charge < -0.3 is 24.3 Å². The fraction of sp³-hybridized carbons (Fsp3) is 0.381. The first-order valence-electron chi connectivity index (χ1n) is 9.16. The number of rotatable bonds is 9. The van der Waals surface area contributed by atoms with Crippen molar-refractivity contribution in [3.63, 3.8) is 0 Å². The van der Waals surface area contributed by atoms with Crippen molar-refractivity contribution in [1.29, 1.82) is 0 Å². The molecule has 1 heterocycles. The third-order valence-corrected chi connectivity index (χ3v) is 4.23. The van der Waals surface area contributed by atoms with E-state index in [4.69, 9.17) is 18.9 Å². The summed E-state index contributed by atoms with van der Waals surface area (Å²) in [6.45, 7) is 2.08. The van der Waals surface area contributed by atoms with E-state index in [0.717, 1.165) is 41.4 Å². The highest BCUT2D eigenvalue weighted by Gasteiger charge is 2.11. The zero-order valence-corrected chi connectivity index (χ0v) is 15.5. The largest absolute Gasteiger partial charge is 0.497 e. The number of fused-ring (bicyclic) bond motifs is 1. The molecule has 0 radical (unpaired) electrons. The smallest absolute Gasteiger partial charge is 0.220 e. The number of benzene rings is 2. The van der Waals surface area contributed by atoms with Gasteiger partial charge in [0, 0.05) is 6.42 Å². The third-order valence-electron chi connectivity index (χ3n) is 4.23. The molecule has 1 amide bonds. The summed E-state index contributed by atoms with van der Waals surface area (Å²) in [5.41, 5.74) is 1.15. The van der Waals surface area contributed by atoms with Gasteiger partial charge in [-0.15, -0.1) is 0 Å². The van der Waals surface area contributed by atoms with Crippen molar-refractivity contribution in [1.82, 2.24) is 5.32 Å². The van der Waals surface area contributed by atoms with E-state index in [0.29, 0.717) is 32.8 Å². The molecule has 0 spiro atoms. The second-order valence-corrected chi connectivity index (χ2v) is 6.21. The van der Waals surface area contributed by atoms with Crippen LogP contribution in [0.25, 0.3) is 0 Å². The lowest BCUT2D eigenvalue weighted by Gasteiger charge is -2.18. The molecule has 0 aromatic heterocycles. The minimum Gasteiger partial charge on any atom is -0.497 e. The number of hydrogen-bond acceptors (Lipinski definition) is 5. The Labute approximate surface area is 159 Å². The molecule has 2 aromatic rings. The van der Waals surface area contributed by atoms with E-state index in [1.807, 2.05) is 42.5 Å². The van der Waals surface area contributed by atoms with E-state index in [2.05, 4.69) is 5.32 Å². The maximum atomic E-state index is 11.9. The van der Waals surface area contributed by atoms with Crippen molar-refractivity contribution in [2.24, 2.45) is 0 Å². The Balaban J connectivity index is 1.30. The van der Waals surface area contributed by atoms with Gasteiger partial charge in [-0.25, -0.2) is 0 Å². The maximum absolute atomic E-state index is 11.9. The van der Waals surface area contributed by atoms with E-state index in [1.165, 1.54) is 0 Å². The Morgan fingerprint density at radius 2 is 1.78 bits per heavy atom. The number of amides is 1. The van der Waals surface area contributed by atoms with E-state index in [1.54, 1.807) is 7.11 Å². The predicted molar refractivity (Wildman–Crippen MR) is 102 cm³/mol. The average molecular weight is 371 g/mol. The number of carbonyl (C=O) groups is 1. The van der Waals surface area contributed by atoms with Gasteiger partial charge in [0.15, 0.2) is 11.5 Å². The quantitative estimate of drug-likeness (QED) is 0.687. The fourth-order valence-corrected chi connectivity index (χ4v) is 2.82. The third kappa shape index (κ3) is 5.81. The lowest BCUT2D eigenvalue weighted by atomic mass is 10.1. The maximum Gasteiger partial charge on any atom is 0.220 e. The second kappa shape index (κ2) is 9.71. The van der Waals surface area contributed by atoms with Gasteiger partial charge in [-0.1, -0.05) is 6.07 Å². The molecular formula is C21H25NO5. The molecule has 6 heteroatoms. The number of hydrogen-bond donors (Lipinski definition) is 1. The van der Waals surface area contributed by atoms with Crippen LogP contribution in [0.1, 0.15) is 18.4 Å². The van der Waals surface area contributed by atoms with Crippen molar-refractivity contribution in [2.75, 3.05) is 33.5 Å². The Morgan fingerprint density at radius 3 is 2.56 bits per heavy atom. The molecule has 144 valence electrons. The summed E-state index contributed by atoms with van der Waals surface area (Å²) in [5.74, 6) is 3.15. The summed E-state index contributed by atoms with van der Waals surface area (Å²) < 4.78 is 21.8. The second-order valence-electron chi connectivity index (χ2n) is 6.21. The van der Waals surface area contributed by atoms with Crippen molar-refractivity contribution in [3.05, 3.63) is 48.0 Å². The summed E-state index contributed by atoms with van der Waals surface area (Å²) in [6.07, 6.45) is 2.09. The highest BCUT2D eigenvalue weighted by atomic mass is 16.6. The van der Waals surface area contributed by atoms with Gasteiger partial charge in [-0.3, -0.25) is 4.79 Å². The van der Waals surface area contributed by atoms with Gasteiger partial charge in [0.2, 0.25) is 5.91 Å². The minimum absolute atomic E-state index is 0.0332. The molecule has 0 unspecified atom stereocenters. The van der Waals surface area contributed by atoms with Crippen LogP contribution in [0, 0.1) is 0 Å². The lowest BCUT2D eigenvalue weighted by Crippen LogP contribution is -2.27. The molecular weight excluding hydrogens is 346 g/mol. The van der Waals surface area contributed by atoms with Crippen LogP contribution in [-0.2, 0) is 11.2 Å². The highest BCUT2D eigenvalue weighted by molar-refractivity contribution is 5.75. The zero-order valence-electron chi connectivity index (χ0n) is 15.5. The van der Waals surface area contributed by atoms with Gasteiger partial charge >= 0.3 is 0 Å². The summed E-state index contributed by atoms with van der Waals surface area (Å²) >= 11 is 0. The van der Waals surface area contributed by atoms with Crippen LogP contribution < -0.4 is 24.3 Å². The van der Waals surface area contributed by atoms with Crippen LogP contribution in [-0.4, -0.2) is 39.4 Å². The first kappa shape index (κ1) is 18.9. The molecule has 2 aromatic carbocycles. The predicted octanol–water partition coefficient (Wildman–Crippen LogP) is 2.98. The van der Waals surface area contributed by atoms with E-state index < -0.39 is 0 Å². The van der Waals surface area contributed by atoms with Crippen molar-refractivity contribution in [3.8, 4) is 23.0 Å². The lowest BCUT2D eigenvalue weighted by molar-refractivity contribution is -0.121. The number of aryl methyl sites for hydroxylation is 1. The van der Waals surface area contributed by atoms with Crippen LogP contribution >= 0.6 is 0 Å². The van der Waals surface area contributed by atoms with Crippen LogP contribution in [0.4, 0.5) is 0 Å². The molecule has 0 aliphatic carbocycles. The summed E-state index contributed by atoms with van der Waals surface area (Å²) in [4.78, 5) is 11.9. The summed E-state index contributed by atoms with van der Waals surface area (Å²) in [7, 11) is 1.62. The molecule has 27 heavy (non-hydrogen) atoms. The minimum atomic E-state index is 0.0332. The molecule has 3 rings (SSSR count). The topological polar surface area (TPSA) is 66.0 Å². The number of methoxy groups -OCH3 is 1. The molecule has 1 aliphatic rings. The zero-order chi connectivity index (χ0) is 18.9. The molecule has 0 bridgehead atoms. The van der Waals surface area contributed by atoms with Crippen LogP contribution in [0.3, 0.4) is 0 Å². The normalized spacial score (nSPS) is 12.3. The van der Waals surface area contributed by atoms with Crippen molar-refractivity contribution >= 4 is 5.91 Å². The molecule has 0 fully saturated rings. The first-order chi connectivity index (χ1) is 13.2. The highest BCUT2D eigenvalue weighted by Crippen LogP contribution is 2.31. The standard InChI is InChI=1S/C21H25NO5/c1-24-17-6-8-18(9-7-17)25-12-11-22-21(23)4-2-3-16-5-10-19-20(15-16)27-14-13-26-19/h5-10,15H,2-4,11-14H2,1H3,(H,22,23). The summed E-state index contributed by atoms with van der Waals surface area (Å²) in [5, 5.41) is 2.88. The van der Waals surface area contributed by atoms with Crippen molar-refractivity contribution < 1.29 is 23.7 Å². The van der Waals surface area contributed by atoms with Crippen LogP contribution in [0.15, 0.2) is 42.5 Å². The Kier molecular flexibility index (Phi) is 6.79. The Hall–Kier alpha value is -2.89. The van der Waals surface area contributed by atoms with Gasteiger partial charge in [0.25, 0.3) is 0 Å². The van der Waals surface area contributed by atoms with E-state index in [-0.39, 0.29) is 5.91 Å². The Morgan fingerprint density at radius 1 is 1.04 bits per heavy atom. The number of nitrogens with one attached hydrogen (secondary N) is 1. The van der Waals surface area contributed by atoms with Crippen molar-refractivity contribution in [2.45, 2.75) is 19.3 Å². The molecule has 6 nitrogen and oxygen atoms in total. The molecule has 0 atom stereocenters. The van der Waals surface area contributed by atoms with Gasteiger partial charge in [0.1, 0.15) is 31.3 Å². The van der Waals surface area contributed by atoms with Gasteiger partial charge in [-0.2, -0.15) is 0 Å². The van der Waals surface area contributed by atoms with Gasteiger partial charge in [-0.05, 0) is 54.8 Å². The molecule has 0 saturated carbocycles. The number of ether oxygens (including phenoxy) is 4. The summed E-state index contributed by atoms with van der Waals surface area (Å²) in [6, 6.07) is 13.3. The molecule has 1 N–H and O–H groups in total. The van der Waals surface area contributed by atoms with E-state index in [9.17, 15) is 4.79 Å². The monoisotopic (exact) mass is 371 g/mol. The van der Waals surface area contributed by atoms with Crippen LogP contribution in [0.5, 0.6) is 23.0 Å². The Bertz CT molecular complexity index is 745. The first-order valence-corrected chi connectivity index (χ1v) is 9.16. The van der Waals surface area contributed by atoms with Crippen LogP contribution in [0.2, 0.25) is 0 Å². The number of carbonyl (C=O) groups excluding carboxylic acids is 1.